The average Bonchev–Trinajstić information content (AvgIpc) is 2.58. The van der Waals surface area contributed by atoms with Crippen LogP contribution < -0.4 is 5.73 Å². The van der Waals surface area contributed by atoms with Crippen molar-refractivity contribution in [3.05, 3.63) is 15.6 Å². The van der Waals surface area contributed by atoms with Gasteiger partial charge in [-0.15, -0.1) is 11.3 Å². The molecule has 2 heterocycles. The molecule has 0 spiro atoms. The summed E-state index contributed by atoms with van der Waals surface area (Å²) < 4.78 is 5.82. The quantitative estimate of drug-likeness (QED) is 0.837. The Morgan fingerprint density at radius 1 is 1.41 bits per heavy atom. The molecule has 4 heteroatoms. The van der Waals surface area contributed by atoms with Crippen molar-refractivity contribution in [1.29, 1.82) is 0 Å². The van der Waals surface area contributed by atoms with Crippen molar-refractivity contribution in [3.63, 3.8) is 0 Å². The van der Waals surface area contributed by atoms with Gasteiger partial charge in [-0.25, -0.2) is 4.98 Å². The highest BCUT2D eigenvalue weighted by molar-refractivity contribution is 7.11. The molecule has 3 unspecified atom stereocenters. The molecule has 1 aromatic heterocycles. The SMILES string of the molecule is CC1Cc2nc(C(N)C(C)(C)C)sc2C(C)O1. The van der Waals surface area contributed by atoms with Crippen LogP contribution in [0.3, 0.4) is 0 Å². The third kappa shape index (κ3) is 2.54. The number of rotatable bonds is 1. The van der Waals surface area contributed by atoms with Crippen LogP contribution >= 0.6 is 11.3 Å². The van der Waals surface area contributed by atoms with Crippen LogP contribution in [0.5, 0.6) is 0 Å². The lowest BCUT2D eigenvalue weighted by Gasteiger charge is -2.24. The van der Waals surface area contributed by atoms with Crippen LogP contribution in [0.1, 0.15) is 62.3 Å². The largest absolute Gasteiger partial charge is 0.370 e. The van der Waals surface area contributed by atoms with Crippen LogP contribution in [0, 0.1) is 5.41 Å². The van der Waals surface area contributed by atoms with Gasteiger partial charge in [-0.2, -0.15) is 0 Å². The fourth-order valence-electron chi connectivity index (χ4n) is 2.08. The molecular formula is C13H22N2OS. The number of thiazole rings is 1. The second-order valence-corrected chi connectivity index (χ2v) is 7.06. The maximum Gasteiger partial charge on any atom is 0.111 e. The van der Waals surface area contributed by atoms with Gasteiger partial charge in [-0.3, -0.25) is 0 Å². The molecule has 1 aliphatic heterocycles. The highest BCUT2D eigenvalue weighted by Gasteiger charge is 2.30. The zero-order valence-corrected chi connectivity index (χ0v) is 12.1. The number of ether oxygens (including phenoxy) is 1. The average molecular weight is 254 g/mol. The summed E-state index contributed by atoms with van der Waals surface area (Å²) in [5.41, 5.74) is 7.51. The van der Waals surface area contributed by atoms with Crippen LogP contribution in [-0.2, 0) is 11.2 Å². The predicted octanol–water partition coefficient (Wildman–Crippen LogP) is 3.21. The Kier molecular flexibility index (Phi) is 3.31. The first-order valence-electron chi connectivity index (χ1n) is 6.19. The Labute approximate surface area is 107 Å². The van der Waals surface area contributed by atoms with Crippen molar-refractivity contribution in [2.45, 2.75) is 59.3 Å². The highest BCUT2D eigenvalue weighted by atomic mass is 32.1. The second kappa shape index (κ2) is 4.34. The number of fused-ring (bicyclic) bond motifs is 1. The number of nitrogens with zero attached hydrogens (tertiary/aromatic N) is 1. The van der Waals surface area contributed by atoms with Crippen molar-refractivity contribution in [3.8, 4) is 0 Å². The molecule has 0 amide bonds. The summed E-state index contributed by atoms with van der Waals surface area (Å²) >= 11 is 1.72. The molecule has 0 saturated heterocycles. The van der Waals surface area contributed by atoms with Gasteiger partial charge in [0.05, 0.1) is 28.8 Å². The third-order valence-corrected chi connectivity index (χ3v) is 4.57. The molecule has 0 radical (unpaired) electrons. The van der Waals surface area contributed by atoms with Gasteiger partial charge in [0.1, 0.15) is 5.01 Å². The summed E-state index contributed by atoms with van der Waals surface area (Å²) in [4.78, 5) is 5.99. The van der Waals surface area contributed by atoms with Gasteiger partial charge >= 0.3 is 0 Å². The number of hydrogen-bond acceptors (Lipinski definition) is 4. The molecule has 3 atom stereocenters. The van der Waals surface area contributed by atoms with Crippen molar-refractivity contribution in [2.75, 3.05) is 0 Å². The molecule has 2 rings (SSSR count). The Balaban J connectivity index is 2.32. The van der Waals surface area contributed by atoms with E-state index < -0.39 is 0 Å². The lowest BCUT2D eigenvalue weighted by atomic mass is 9.88. The van der Waals surface area contributed by atoms with Gasteiger partial charge in [-0.1, -0.05) is 20.8 Å². The van der Waals surface area contributed by atoms with Gasteiger partial charge in [0, 0.05) is 6.42 Å². The summed E-state index contributed by atoms with van der Waals surface area (Å²) in [5, 5.41) is 1.05. The molecule has 17 heavy (non-hydrogen) atoms. The number of hydrogen-bond donors (Lipinski definition) is 1. The minimum atomic E-state index is 0.000561. The van der Waals surface area contributed by atoms with Crippen molar-refractivity contribution in [2.24, 2.45) is 11.1 Å². The van der Waals surface area contributed by atoms with Crippen molar-refractivity contribution < 1.29 is 4.74 Å². The van der Waals surface area contributed by atoms with Gasteiger partial charge in [0.2, 0.25) is 0 Å². The molecule has 1 aliphatic rings. The molecule has 0 bridgehead atoms. The van der Waals surface area contributed by atoms with E-state index in [1.54, 1.807) is 11.3 Å². The Morgan fingerprint density at radius 2 is 2.06 bits per heavy atom. The van der Waals surface area contributed by atoms with Gasteiger partial charge in [0.15, 0.2) is 0 Å². The summed E-state index contributed by atoms with van der Waals surface area (Å²) in [6.45, 7) is 10.7. The van der Waals surface area contributed by atoms with E-state index in [0.717, 1.165) is 11.4 Å². The normalized spacial score (nSPS) is 26.7. The van der Waals surface area contributed by atoms with Crippen LogP contribution in [0.2, 0.25) is 0 Å². The summed E-state index contributed by atoms with van der Waals surface area (Å²) in [5.74, 6) is 0. The first-order chi connectivity index (χ1) is 7.79. The predicted molar refractivity (Wildman–Crippen MR) is 71.2 cm³/mol. The molecule has 0 aliphatic carbocycles. The van der Waals surface area contributed by atoms with Crippen LogP contribution in [0.25, 0.3) is 0 Å². The molecule has 2 N–H and O–H groups in total. The van der Waals surface area contributed by atoms with E-state index in [-0.39, 0.29) is 23.7 Å². The van der Waals surface area contributed by atoms with E-state index in [0.29, 0.717) is 0 Å². The number of aromatic nitrogens is 1. The fraction of sp³-hybridized carbons (Fsp3) is 0.769. The van der Waals surface area contributed by atoms with E-state index in [1.165, 1.54) is 10.6 Å². The van der Waals surface area contributed by atoms with Gasteiger partial charge in [-0.05, 0) is 19.3 Å². The van der Waals surface area contributed by atoms with E-state index in [4.69, 9.17) is 15.5 Å². The minimum absolute atomic E-state index is 0.000561. The zero-order chi connectivity index (χ0) is 12.8. The van der Waals surface area contributed by atoms with Crippen molar-refractivity contribution >= 4 is 11.3 Å². The lowest BCUT2D eigenvalue weighted by Crippen LogP contribution is -2.26. The molecule has 0 aromatic carbocycles. The van der Waals surface area contributed by atoms with Crippen molar-refractivity contribution in [1.82, 2.24) is 4.98 Å². The summed E-state index contributed by atoms with van der Waals surface area (Å²) in [6, 6.07) is 0.000561. The van der Waals surface area contributed by atoms with Crippen LogP contribution in [-0.4, -0.2) is 11.1 Å². The highest BCUT2D eigenvalue weighted by Crippen LogP contribution is 2.39. The van der Waals surface area contributed by atoms with E-state index in [2.05, 4.69) is 34.6 Å². The molecule has 0 saturated carbocycles. The van der Waals surface area contributed by atoms with Gasteiger partial charge in [0.25, 0.3) is 0 Å². The Morgan fingerprint density at radius 3 is 2.65 bits per heavy atom. The maximum absolute atomic E-state index is 6.27. The third-order valence-electron chi connectivity index (χ3n) is 3.23. The minimum Gasteiger partial charge on any atom is -0.370 e. The summed E-state index contributed by atoms with van der Waals surface area (Å²) in [6.07, 6.45) is 1.33. The topological polar surface area (TPSA) is 48.1 Å². The van der Waals surface area contributed by atoms with Crippen LogP contribution in [0.4, 0.5) is 0 Å². The first kappa shape index (κ1) is 13.0. The summed E-state index contributed by atoms with van der Waals surface area (Å²) in [7, 11) is 0. The maximum atomic E-state index is 6.27. The van der Waals surface area contributed by atoms with E-state index in [1.807, 2.05) is 0 Å². The standard InChI is InChI=1S/C13H22N2OS/c1-7-6-9-10(8(2)16-7)17-12(15-9)11(14)13(3,4)5/h7-8,11H,6,14H2,1-5H3. The monoisotopic (exact) mass is 254 g/mol. The molecule has 96 valence electrons. The van der Waals surface area contributed by atoms with E-state index >= 15 is 0 Å². The van der Waals surface area contributed by atoms with E-state index in [9.17, 15) is 0 Å². The zero-order valence-electron chi connectivity index (χ0n) is 11.3. The Bertz CT molecular complexity index is 408. The molecule has 0 fully saturated rings. The van der Waals surface area contributed by atoms with Gasteiger partial charge < -0.3 is 10.5 Å². The number of nitrogens with two attached hydrogens (primary N) is 1. The first-order valence-corrected chi connectivity index (χ1v) is 7.01. The Hall–Kier alpha value is -0.450. The molecular weight excluding hydrogens is 232 g/mol. The lowest BCUT2D eigenvalue weighted by molar-refractivity contribution is -0.00319. The molecule has 1 aromatic rings. The second-order valence-electron chi connectivity index (χ2n) is 6.00. The van der Waals surface area contributed by atoms with Crippen LogP contribution in [0.15, 0.2) is 0 Å². The fourth-order valence-corrected chi connectivity index (χ4v) is 3.41. The smallest absolute Gasteiger partial charge is 0.111 e. The molecule has 3 nitrogen and oxygen atoms in total.